The third-order valence-corrected chi connectivity index (χ3v) is 4.12. The summed E-state index contributed by atoms with van der Waals surface area (Å²) in [6.45, 7) is 0.483. The molecular formula is C14H22N4O3. The molecule has 116 valence electrons. The van der Waals surface area contributed by atoms with E-state index in [-0.39, 0.29) is 17.7 Å². The smallest absolute Gasteiger partial charge is 0.303 e. The molecule has 7 heteroatoms. The van der Waals surface area contributed by atoms with Crippen LogP contribution < -0.4 is 5.32 Å². The summed E-state index contributed by atoms with van der Waals surface area (Å²) >= 11 is 0. The molecule has 0 aromatic carbocycles. The van der Waals surface area contributed by atoms with Crippen molar-refractivity contribution in [3.63, 3.8) is 0 Å². The quantitative estimate of drug-likeness (QED) is 0.702. The van der Waals surface area contributed by atoms with Crippen LogP contribution >= 0.6 is 0 Å². The van der Waals surface area contributed by atoms with E-state index in [4.69, 9.17) is 5.11 Å². The normalized spacial score (nSPS) is 17.3. The van der Waals surface area contributed by atoms with E-state index in [0.717, 1.165) is 37.9 Å². The number of carbonyl (C=O) groups excluding carboxylic acids is 1. The fraction of sp³-hybridized carbons (Fsp3) is 0.714. The van der Waals surface area contributed by atoms with Crippen molar-refractivity contribution in [3.8, 4) is 0 Å². The number of carbonyl (C=O) groups is 2. The zero-order chi connectivity index (χ0) is 15.1. The first-order chi connectivity index (χ1) is 10.1. The van der Waals surface area contributed by atoms with Gasteiger partial charge in [-0.25, -0.2) is 4.98 Å². The molecule has 0 unspecified atom stereocenters. The number of carboxylic acids is 1. The van der Waals surface area contributed by atoms with Gasteiger partial charge in [0.2, 0.25) is 5.91 Å². The summed E-state index contributed by atoms with van der Waals surface area (Å²) in [5.74, 6) is -0.155. The molecule has 0 spiro atoms. The molecule has 1 aromatic heterocycles. The Balaban J connectivity index is 1.81. The maximum atomic E-state index is 12.1. The van der Waals surface area contributed by atoms with Crippen molar-refractivity contribution < 1.29 is 14.7 Å². The van der Waals surface area contributed by atoms with Gasteiger partial charge in [0.25, 0.3) is 0 Å². The Morgan fingerprint density at radius 1 is 1.29 bits per heavy atom. The predicted octanol–water partition coefficient (Wildman–Crippen LogP) is 1.28. The summed E-state index contributed by atoms with van der Waals surface area (Å²) in [5.41, 5.74) is -0.361. The molecule has 0 atom stereocenters. The summed E-state index contributed by atoms with van der Waals surface area (Å²) in [7, 11) is 0. The molecule has 1 amide bonds. The maximum absolute atomic E-state index is 12.1. The highest BCUT2D eigenvalue weighted by molar-refractivity contribution is 5.78. The Kier molecular flexibility index (Phi) is 5.30. The van der Waals surface area contributed by atoms with Crippen LogP contribution in [0.5, 0.6) is 0 Å². The van der Waals surface area contributed by atoms with Gasteiger partial charge in [0, 0.05) is 19.4 Å². The topological polar surface area (TPSA) is 108 Å². The largest absolute Gasteiger partial charge is 0.481 e. The molecule has 0 saturated heterocycles. The minimum Gasteiger partial charge on any atom is -0.481 e. The molecule has 1 heterocycles. The van der Waals surface area contributed by atoms with Crippen LogP contribution in [0, 0.1) is 5.41 Å². The molecular weight excluding hydrogens is 272 g/mol. The number of rotatable bonds is 7. The van der Waals surface area contributed by atoms with Crippen LogP contribution in [0.1, 0.15) is 50.8 Å². The van der Waals surface area contributed by atoms with Crippen LogP contribution in [-0.2, 0) is 16.0 Å². The van der Waals surface area contributed by atoms with Gasteiger partial charge < -0.3 is 10.4 Å². The summed E-state index contributed by atoms with van der Waals surface area (Å²) in [6, 6.07) is 0. The van der Waals surface area contributed by atoms with Crippen molar-refractivity contribution in [1.82, 2.24) is 20.5 Å². The Hall–Kier alpha value is -1.92. The van der Waals surface area contributed by atoms with Crippen LogP contribution in [0.25, 0.3) is 0 Å². The van der Waals surface area contributed by atoms with E-state index >= 15 is 0 Å². The van der Waals surface area contributed by atoms with Crippen molar-refractivity contribution in [2.24, 2.45) is 5.41 Å². The minimum absolute atomic E-state index is 0.0716. The number of H-pyrrole nitrogens is 1. The maximum Gasteiger partial charge on any atom is 0.303 e. The van der Waals surface area contributed by atoms with Gasteiger partial charge in [-0.3, -0.25) is 14.7 Å². The molecule has 21 heavy (non-hydrogen) atoms. The number of carboxylic acid groups (broad SMARTS) is 1. The molecule has 2 rings (SSSR count). The highest BCUT2D eigenvalue weighted by Crippen LogP contribution is 2.42. The Labute approximate surface area is 123 Å². The molecule has 0 bridgehead atoms. The van der Waals surface area contributed by atoms with Gasteiger partial charge in [-0.1, -0.05) is 19.3 Å². The lowest BCUT2D eigenvalue weighted by molar-refractivity contribution is -0.141. The van der Waals surface area contributed by atoms with Crippen LogP contribution in [0.15, 0.2) is 6.33 Å². The number of amides is 1. The van der Waals surface area contributed by atoms with Crippen LogP contribution in [0.3, 0.4) is 0 Å². The molecule has 7 nitrogen and oxygen atoms in total. The molecule has 1 aromatic rings. The lowest BCUT2D eigenvalue weighted by Gasteiger charge is -2.35. The lowest BCUT2D eigenvalue weighted by atomic mass is 9.69. The fourth-order valence-electron chi connectivity index (χ4n) is 3.11. The van der Waals surface area contributed by atoms with E-state index in [1.54, 1.807) is 0 Å². The van der Waals surface area contributed by atoms with Gasteiger partial charge in [-0.05, 0) is 18.3 Å². The number of nitrogens with zero attached hydrogens (tertiary/aromatic N) is 2. The number of aromatic nitrogens is 3. The van der Waals surface area contributed by atoms with Gasteiger partial charge in [0.15, 0.2) is 0 Å². The number of nitrogens with one attached hydrogen (secondary N) is 2. The second-order valence-corrected chi connectivity index (χ2v) is 5.84. The lowest BCUT2D eigenvalue weighted by Crippen LogP contribution is -2.35. The standard InChI is InChI=1S/C14H22N4O3/c19-12(15-7-4-11-16-10-17-18-11)8-14(9-13(20)21)5-2-1-3-6-14/h10H,1-9H2,(H,15,19)(H,20,21)(H,16,17,18). The SMILES string of the molecule is O=C(O)CC1(CC(=O)NCCc2ncn[nH]2)CCCCC1. The summed E-state index contributed by atoms with van der Waals surface area (Å²) in [4.78, 5) is 27.1. The average molecular weight is 294 g/mol. The molecule has 0 radical (unpaired) electrons. The molecule has 3 N–H and O–H groups in total. The van der Waals surface area contributed by atoms with Crippen molar-refractivity contribution in [3.05, 3.63) is 12.2 Å². The zero-order valence-electron chi connectivity index (χ0n) is 12.1. The predicted molar refractivity (Wildman–Crippen MR) is 75.5 cm³/mol. The highest BCUT2D eigenvalue weighted by Gasteiger charge is 2.36. The van der Waals surface area contributed by atoms with Gasteiger partial charge in [-0.2, -0.15) is 5.10 Å². The number of hydrogen-bond acceptors (Lipinski definition) is 4. The van der Waals surface area contributed by atoms with Crippen LogP contribution in [0.4, 0.5) is 0 Å². The van der Waals surface area contributed by atoms with Gasteiger partial charge in [0.1, 0.15) is 12.2 Å². The third kappa shape index (κ3) is 4.84. The molecule has 1 aliphatic rings. The second kappa shape index (κ2) is 7.19. The van der Waals surface area contributed by atoms with Crippen molar-refractivity contribution in [1.29, 1.82) is 0 Å². The first-order valence-corrected chi connectivity index (χ1v) is 7.42. The number of aromatic amines is 1. The summed E-state index contributed by atoms with van der Waals surface area (Å²) < 4.78 is 0. The molecule has 1 aliphatic carbocycles. The van der Waals surface area contributed by atoms with Gasteiger partial charge in [0.05, 0.1) is 6.42 Å². The minimum atomic E-state index is -0.814. The number of hydrogen-bond donors (Lipinski definition) is 3. The summed E-state index contributed by atoms with van der Waals surface area (Å²) in [5, 5.41) is 18.4. The van der Waals surface area contributed by atoms with E-state index in [1.807, 2.05) is 0 Å². The zero-order valence-corrected chi connectivity index (χ0v) is 12.1. The Bertz CT molecular complexity index is 467. The molecule has 1 fully saturated rings. The Morgan fingerprint density at radius 2 is 2.05 bits per heavy atom. The van der Waals surface area contributed by atoms with Crippen molar-refractivity contribution >= 4 is 11.9 Å². The first kappa shape index (κ1) is 15.5. The molecule has 1 saturated carbocycles. The van der Waals surface area contributed by atoms with Crippen molar-refractivity contribution in [2.45, 2.75) is 51.4 Å². The first-order valence-electron chi connectivity index (χ1n) is 7.42. The van der Waals surface area contributed by atoms with Crippen LogP contribution in [-0.4, -0.2) is 38.7 Å². The van der Waals surface area contributed by atoms with E-state index < -0.39 is 5.97 Å². The van der Waals surface area contributed by atoms with Crippen molar-refractivity contribution in [2.75, 3.05) is 6.54 Å². The van der Waals surface area contributed by atoms with Gasteiger partial charge >= 0.3 is 5.97 Å². The number of aliphatic carboxylic acids is 1. The fourth-order valence-corrected chi connectivity index (χ4v) is 3.11. The summed E-state index contributed by atoms with van der Waals surface area (Å²) in [6.07, 6.45) is 7.23. The van der Waals surface area contributed by atoms with Gasteiger partial charge in [-0.15, -0.1) is 0 Å². The Morgan fingerprint density at radius 3 is 2.67 bits per heavy atom. The van der Waals surface area contributed by atoms with E-state index in [2.05, 4.69) is 20.5 Å². The van der Waals surface area contributed by atoms with E-state index in [0.29, 0.717) is 19.4 Å². The molecule has 0 aliphatic heterocycles. The second-order valence-electron chi connectivity index (χ2n) is 5.84. The van der Waals surface area contributed by atoms with Crippen LogP contribution in [0.2, 0.25) is 0 Å². The van der Waals surface area contributed by atoms with E-state index in [9.17, 15) is 9.59 Å². The monoisotopic (exact) mass is 294 g/mol. The third-order valence-electron chi connectivity index (χ3n) is 4.12. The average Bonchev–Trinajstić information content (AvgIpc) is 2.91. The van der Waals surface area contributed by atoms with E-state index in [1.165, 1.54) is 6.33 Å². The highest BCUT2D eigenvalue weighted by atomic mass is 16.4.